The van der Waals surface area contributed by atoms with E-state index in [4.69, 9.17) is 9.84 Å². The normalized spacial score (nSPS) is 21.6. The van der Waals surface area contributed by atoms with Crippen molar-refractivity contribution >= 4 is 16.7 Å². The molecule has 1 amide bonds. The van der Waals surface area contributed by atoms with E-state index in [1.54, 1.807) is 6.20 Å². The SMILES string of the molecule is CC(C)(NC(=O)[C@@H]1CN[C@H](CO)CO1)c1nccc2ccccc12. The first kappa shape index (κ1) is 16.8. The summed E-state index contributed by atoms with van der Waals surface area (Å²) in [5, 5.41) is 17.4. The van der Waals surface area contributed by atoms with Crippen LogP contribution in [0.1, 0.15) is 19.5 Å². The number of aromatic nitrogens is 1. The number of aliphatic hydroxyl groups excluding tert-OH is 1. The van der Waals surface area contributed by atoms with Crippen LogP contribution < -0.4 is 10.6 Å². The van der Waals surface area contributed by atoms with Crippen molar-refractivity contribution in [1.82, 2.24) is 15.6 Å². The van der Waals surface area contributed by atoms with E-state index in [0.717, 1.165) is 16.5 Å². The Hall–Kier alpha value is -2.02. The molecule has 0 unspecified atom stereocenters. The number of morpholine rings is 1. The molecule has 1 saturated heterocycles. The van der Waals surface area contributed by atoms with Crippen LogP contribution in [-0.2, 0) is 15.1 Å². The molecular weight excluding hydrogens is 306 g/mol. The van der Waals surface area contributed by atoms with Gasteiger partial charge in [-0.3, -0.25) is 9.78 Å². The first-order valence-electron chi connectivity index (χ1n) is 8.13. The number of amides is 1. The molecule has 2 atom stereocenters. The van der Waals surface area contributed by atoms with Gasteiger partial charge in [0, 0.05) is 18.1 Å². The average Bonchev–Trinajstić information content (AvgIpc) is 2.61. The Balaban J connectivity index is 1.77. The van der Waals surface area contributed by atoms with Gasteiger partial charge in [0.25, 0.3) is 5.91 Å². The minimum atomic E-state index is -0.630. The molecule has 1 aromatic heterocycles. The van der Waals surface area contributed by atoms with Crippen molar-refractivity contribution in [2.75, 3.05) is 19.8 Å². The van der Waals surface area contributed by atoms with Gasteiger partial charge in [0.1, 0.15) is 6.10 Å². The number of carbonyl (C=O) groups is 1. The van der Waals surface area contributed by atoms with Gasteiger partial charge in [-0.25, -0.2) is 0 Å². The lowest BCUT2D eigenvalue weighted by Gasteiger charge is -2.32. The number of aliphatic hydroxyl groups is 1. The third kappa shape index (κ3) is 3.40. The van der Waals surface area contributed by atoms with Crippen molar-refractivity contribution in [1.29, 1.82) is 0 Å². The summed E-state index contributed by atoms with van der Waals surface area (Å²) in [6.45, 7) is 4.58. The van der Waals surface area contributed by atoms with Crippen molar-refractivity contribution in [3.8, 4) is 0 Å². The molecule has 1 aliphatic heterocycles. The van der Waals surface area contributed by atoms with E-state index in [9.17, 15) is 4.79 Å². The number of rotatable bonds is 4. The smallest absolute Gasteiger partial charge is 0.251 e. The maximum Gasteiger partial charge on any atom is 0.251 e. The van der Waals surface area contributed by atoms with Crippen LogP contribution in [0.25, 0.3) is 10.8 Å². The van der Waals surface area contributed by atoms with Crippen LogP contribution in [0.5, 0.6) is 0 Å². The molecule has 6 nitrogen and oxygen atoms in total. The van der Waals surface area contributed by atoms with E-state index >= 15 is 0 Å². The van der Waals surface area contributed by atoms with E-state index in [2.05, 4.69) is 15.6 Å². The molecule has 1 aliphatic rings. The largest absolute Gasteiger partial charge is 0.395 e. The van der Waals surface area contributed by atoms with E-state index in [-0.39, 0.29) is 18.6 Å². The summed E-state index contributed by atoms with van der Waals surface area (Å²) in [5.41, 5.74) is 0.195. The minimum absolute atomic E-state index is 0.000241. The number of carbonyl (C=O) groups excluding carboxylic acids is 1. The maximum atomic E-state index is 12.6. The Morgan fingerprint density at radius 3 is 2.92 bits per heavy atom. The number of ether oxygens (including phenoxy) is 1. The molecule has 1 aromatic carbocycles. The fourth-order valence-electron chi connectivity index (χ4n) is 2.97. The summed E-state index contributed by atoms with van der Waals surface area (Å²) >= 11 is 0. The molecule has 0 saturated carbocycles. The van der Waals surface area contributed by atoms with Crippen molar-refractivity contribution in [2.24, 2.45) is 0 Å². The molecule has 0 aliphatic carbocycles. The predicted octanol–water partition coefficient (Wildman–Crippen LogP) is 0.935. The molecule has 0 bridgehead atoms. The molecule has 3 rings (SSSR count). The topological polar surface area (TPSA) is 83.5 Å². The second-order valence-corrected chi connectivity index (χ2v) is 6.60. The van der Waals surface area contributed by atoms with Gasteiger partial charge in [0.2, 0.25) is 0 Å². The van der Waals surface area contributed by atoms with Crippen LogP contribution in [-0.4, -0.2) is 47.9 Å². The fraction of sp³-hybridized carbons (Fsp3) is 0.444. The first-order chi connectivity index (χ1) is 11.5. The fourth-order valence-corrected chi connectivity index (χ4v) is 2.97. The van der Waals surface area contributed by atoms with Crippen LogP contribution in [0, 0.1) is 0 Å². The average molecular weight is 329 g/mol. The minimum Gasteiger partial charge on any atom is -0.395 e. The number of pyridine rings is 1. The molecule has 128 valence electrons. The van der Waals surface area contributed by atoms with Crippen LogP contribution in [0.3, 0.4) is 0 Å². The molecule has 2 aromatic rings. The van der Waals surface area contributed by atoms with Crippen LogP contribution in [0.2, 0.25) is 0 Å². The Morgan fingerprint density at radius 2 is 2.21 bits per heavy atom. The maximum absolute atomic E-state index is 12.6. The van der Waals surface area contributed by atoms with Gasteiger partial charge in [-0.1, -0.05) is 24.3 Å². The van der Waals surface area contributed by atoms with Crippen molar-refractivity contribution in [2.45, 2.75) is 31.5 Å². The zero-order valence-corrected chi connectivity index (χ0v) is 14.0. The number of nitrogens with zero attached hydrogens (tertiary/aromatic N) is 1. The highest BCUT2D eigenvalue weighted by Gasteiger charge is 2.32. The van der Waals surface area contributed by atoms with Crippen LogP contribution >= 0.6 is 0 Å². The summed E-state index contributed by atoms with van der Waals surface area (Å²) in [7, 11) is 0. The Kier molecular flexibility index (Phi) is 4.80. The third-order valence-corrected chi connectivity index (χ3v) is 4.30. The number of benzene rings is 1. The highest BCUT2D eigenvalue weighted by Crippen LogP contribution is 2.26. The molecule has 0 radical (unpaired) electrons. The molecule has 6 heteroatoms. The van der Waals surface area contributed by atoms with E-state index in [1.807, 2.05) is 44.2 Å². The lowest BCUT2D eigenvalue weighted by Crippen LogP contribution is -2.56. The highest BCUT2D eigenvalue weighted by molar-refractivity contribution is 5.87. The molecule has 1 fully saturated rings. The summed E-state index contributed by atoms with van der Waals surface area (Å²) in [5.74, 6) is -0.182. The quantitative estimate of drug-likeness (QED) is 0.777. The molecule has 24 heavy (non-hydrogen) atoms. The molecular formula is C18H23N3O3. The Labute approximate surface area is 141 Å². The Morgan fingerprint density at radius 1 is 1.42 bits per heavy atom. The van der Waals surface area contributed by atoms with Crippen molar-refractivity contribution in [3.05, 3.63) is 42.2 Å². The van der Waals surface area contributed by atoms with Crippen LogP contribution in [0.15, 0.2) is 36.5 Å². The predicted molar refractivity (Wildman–Crippen MR) is 91.5 cm³/mol. The van der Waals surface area contributed by atoms with E-state index in [0.29, 0.717) is 13.2 Å². The number of hydrogen-bond donors (Lipinski definition) is 3. The van der Waals surface area contributed by atoms with E-state index in [1.165, 1.54) is 0 Å². The molecule has 0 spiro atoms. The lowest BCUT2D eigenvalue weighted by molar-refractivity contribution is -0.137. The van der Waals surface area contributed by atoms with Gasteiger partial charge in [-0.15, -0.1) is 0 Å². The first-order valence-corrected chi connectivity index (χ1v) is 8.13. The summed E-state index contributed by atoms with van der Waals surface area (Å²) in [4.78, 5) is 17.0. The summed E-state index contributed by atoms with van der Waals surface area (Å²) in [6, 6.07) is 9.84. The zero-order valence-electron chi connectivity index (χ0n) is 14.0. The zero-order chi connectivity index (χ0) is 17.2. The monoisotopic (exact) mass is 329 g/mol. The molecule has 2 heterocycles. The van der Waals surface area contributed by atoms with Crippen LogP contribution in [0.4, 0.5) is 0 Å². The highest BCUT2D eigenvalue weighted by atomic mass is 16.5. The van der Waals surface area contributed by atoms with Gasteiger partial charge in [0.15, 0.2) is 0 Å². The number of hydrogen-bond acceptors (Lipinski definition) is 5. The Bertz CT molecular complexity index is 719. The molecule has 3 N–H and O–H groups in total. The standard InChI is InChI=1S/C18H23N3O3/c1-18(2,16-14-6-4-3-5-12(14)7-8-19-16)21-17(23)15-9-20-13(10-22)11-24-15/h3-8,13,15,20,22H,9-11H2,1-2H3,(H,21,23)/t13-,15+/m1/s1. The van der Waals surface area contributed by atoms with Crippen molar-refractivity contribution in [3.63, 3.8) is 0 Å². The second kappa shape index (κ2) is 6.84. The number of fused-ring (bicyclic) bond motifs is 1. The van der Waals surface area contributed by atoms with Gasteiger partial charge in [-0.05, 0) is 25.3 Å². The van der Waals surface area contributed by atoms with E-state index < -0.39 is 11.6 Å². The van der Waals surface area contributed by atoms with Gasteiger partial charge in [-0.2, -0.15) is 0 Å². The lowest BCUT2D eigenvalue weighted by atomic mass is 9.94. The second-order valence-electron chi connectivity index (χ2n) is 6.60. The summed E-state index contributed by atoms with van der Waals surface area (Å²) < 4.78 is 5.56. The van der Waals surface area contributed by atoms with Gasteiger partial charge < -0.3 is 20.5 Å². The number of nitrogens with one attached hydrogen (secondary N) is 2. The summed E-state index contributed by atoms with van der Waals surface area (Å²) in [6.07, 6.45) is 1.19. The van der Waals surface area contributed by atoms with Gasteiger partial charge in [0.05, 0.1) is 30.5 Å². The third-order valence-electron chi connectivity index (χ3n) is 4.30. The van der Waals surface area contributed by atoms with Gasteiger partial charge >= 0.3 is 0 Å². The van der Waals surface area contributed by atoms with Crippen molar-refractivity contribution < 1.29 is 14.6 Å².